The van der Waals surface area contributed by atoms with E-state index < -0.39 is 0 Å². The van der Waals surface area contributed by atoms with Gasteiger partial charge in [0.1, 0.15) is 6.10 Å². The fourth-order valence-corrected chi connectivity index (χ4v) is 1.46. The molecule has 0 unspecified atom stereocenters. The zero-order valence-corrected chi connectivity index (χ0v) is 7.36. The van der Waals surface area contributed by atoms with Crippen molar-refractivity contribution in [2.24, 2.45) is 0 Å². The van der Waals surface area contributed by atoms with Crippen LogP contribution >= 0.6 is 0 Å². The molecular formula is C11H10O2. The molecule has 0 amide bonds. The van der Waals surface area contributed by atoms with E-state index in [1.807, 2.05) is 37.3 Å². The van der Waals surface area contributed by atoms with Crippen LogP contribution in [0.1, 0.15) is 12.5 Å². The molecule has 0 saturated carbocycles. The molecule has 0 N–H and O–H groups in total. The second kappa shape index (κ2) is 3.05. The number of rotatable bonds is 1. The lowest BCUT2D eigenvalue weighted by Crippen LogP contribution is -2.05. The van der Waals surface area contributed by atoms with E-state index in [1.54, 1.807) is 6.08 Å². The van der Waals surface area contributed by atoms with E-state index in [9.17, 15) is 4.79 Å². The van der Waals surface area contributed by atoms with Gasteiger partial charge in [0.15, 0.2) is 0 Å². The van der Waals surface area contributed by atoms with Crippen molar-refractivity contribution in [2.45, 2.75) is 13.0 Å². The van der Waals surface area contributed by atoms with Crippen LogP contribution in [0.5, 0.6) is 0 Å². The molecule has 1 aliphatic heterocycles. The molecule has 0 spiro atoms. The summed E-state index contributed by atoms with van der Waals surface area (Å²) < 4.78 is 5.00. The molecule has 1 aliphatic rings. The van der Waals surface area contributed by atoms with Crippen LogP contribution in [0.4, 0.5) is 0 Å². The highest BCUT2D eigenvalue weighted by atomic mass is 16.5. The van der Waals surface area contributed by atoms with Gasteiger partial charge in [-0.2, -0.15) is 0 Å². The fourth-order valence-electron chi connectivity index (χ4n) is 1.46. The smallest absolute Gasteiger partial charge is 0.331 e. The van der Waals surface area contributed by atoms with Gasteiger partial charge in [0.2, 0.25) is 0 Å². The maximum absolute atomic E-state index is 10.9. The number of carbonyl (C=O) groups is 1. The number of hydrogen-bond acceptors (Lipinski definition) is 2. The van der Waals surface area contributed by atoms with Crippen molar-refractivity contribution in [3.63, 3.8) is 0 Å². The molecule has 1 aromatic carbocycles. The van der Waals surface area contributed by atoms with Crippen molar-refractivity contribution in [3.05, 3.63) is 42.0 Å². The van der Waals surface area contributed by atoms with Crippen LogP contribution in [-0.4, -0.2) is 12.1 Å². The SMILES string of the molecule is C[C@@H]1OC(=O)C=C1c1ccccc1. The first-order valence-corrected chi connectivity index (χ1v) is 4.25. The average molecular weight is 174 g/mol. The van der Waals surface area contributed by atoms with E-state index >= 15 is 0 Å². The summed E-state index contributed by atoms with van der Waals surface area (Å²) in [6.45, 7) is 1.88. The number of hydrogen-bond donors (Lipinski definition) is 0. The third kappa shape index (κ3) is 1.47. The van der Waals surface area contributed by atoms with Crippen molar-refractivity contribution in [2.75, 3.05) is 0 Å². The van der Waals surface area contributed by atoms with E-state index in [-0.39, 0.29) is 12.1 Å². The lowest BCUT2D eigenvalue weighted by Gasteiger charge is -2.07. The third-order valence-electron chi connectivity index (χ3n) is 2.11. The highest BCUT2D eigenvalue weighted by Gasteiger charge is 2.22. The molecule has 1 atom stereocenters. The number of cyclic esters (lactones) is 1. The lowest BCUT2D eigenvalue weighted by molar-refractivity contribution is -0.137. The van der Waals surface area contributed by atoms with Crippen LogP contribution < -0.4 is 0 Å². The number of esters is 1. The predicted octanol–water partition coefficient (Wildman–Crippen LogP) is 2.02. The van der Waals surface area contributed by atoms with Crippen LogP contribution in [-0.2, 0) is 9.53 Å². The highest BCUT2D eigenvalue weighted by molar-refractivity contribution is 5.96. The Balaban J connectivity index is 2.37. The Labute approximate surface area is 76.8 Å². The average Bonchev–Trinajstić information content (AvgIpc) is 2.47. The summed E-state index contributed by atoms with van der Waals surface area (Å²) in [5, 5.41) is 0. The molecule has 0 aliphatic carbocycles. The van der Waals surface area contributed by atoms with Gasteiger partial charge in [-0.3, -0.25) is 0 Å². The molecule has 0 bridgehead atoms. The van der Waals surface area contributed by atoms with Gasteiger partial charge in [-0.1, -0.05) is 30.3 Å². The Hall–Kier alpha value is -1.57. The molecule has 1 aromatic rings. The van der Waals surface area contributed by atoms with Gasteiger partial charge in [0.05, 0.1) is 0 Å². The summed E-state index contributed by atoms with van der Waals surface area (Å²) in [6.07, 6.45) is 1.44. The van der Waals surface area contributed by atoms with Crippen LogP contribution in [0, 0.1) is 0 Å². The Bertz CT molecular complexity index is 352. The molecule has 0 aromatic heterocycles. The second-order valence-electron chi connectivity index (χ2n) is 3.04. The number of ether oxygens (including phenoxy) is 1. The summed E-state index contributed by atoms with van der Waals surface area (Å²) in [7, 11) is 0. The Morgan fingerprint density at radius 3 is 2.46 bits per heavy atom. The molecule has 13 heavy (non-hydrogen) atoms. The van der Waals surface area contributed by atoms with Crippen LogP contribution in [0.3, 0.4) is 0 Å². The zero-order valence-electron chi connectivity index (χ0n) is 7.36. The van der Waals surface area contributed by atoms with Gasteiger partial charge in [0.25, 0.3) is 0 Å². The van der Waals surface area contributed by atoms with Gasteiger partial charge < -0.3 is 4.74 Å². The van der Waals surface area contributed by atoms with Gasteiger partial charge in [-0.15, -0.1) is 0 Å². The number of benzene rings is 1. The summed E-state index contributed by atoms with van der Waals surface area (Å²) in [4.78, 5) is 10.9. The minimum Gasteiger partial charge on any atom is -0.455 e. The van der Waals surface area contributed by atoms with Gasteiger partial charge >= 0.3 is 5.97 Å². The van der Waals surface area contributed by atoms with Crippen LogP contribution in [0.15, 0.2) is 36.4 Å². The maximum Gasteiger partial charge on any atom is 0.331 e. The molecular weight excluding hydrogens is 164 g/mol. The summed E-state index contributed by atoms with van der Waals surface area (Å²) in [6, 6.07) is 9.80. The van der Waals surface area contributed by atoms with E-state index in [2.05, 4.69) is 0 Å². The van der Waals surface area contributed by atoms with Crippen molar-refractivity contribution >= 4 is 11.5 Å². The first kappa shape index (κ1) is 8.05. The molecule has 1 heterocycles. The monoisotopic (exact) mass is 174 g/mol. The van der Waals surface area contributed by atoms with Crippen molar-refractivity contribution in [1.82, 2.24) is 0 Å². The Kier molecular flexibility index (Phi) is 1.89. The normalized spacial score (nSPS) is 21.2. The molecule has 0 fully saturated rings. The molecule has 0 radical (unpaired) electrons. The summed E-state index contributed by atoms with van der Waals surface area (Å²) in [5.41, 5.74) is 2.02. The van der Waals surface area contributed by atoms with Crippen LogP contribution in [0.25, 0.3) is 5.57 Å². The Morgan fingerprint density at radius 2 is 1.92 bits per heavy atom. The zero-order chi connectivity index (χ0) is 9.26. The Morgan fingerprint density at radius 1 is 1.23 bits per heavy atom. The van der Waals surface area contributed by atoms with Crippen molar-refractivity contribution in [1.29, 1.82) is 0 Å². The third-order valence-corrected chi connectivity index (χ3v) is 2.11. The van der Waals surface area contributed by atoms with Crippen molar-refractivity contribution in [3.8, 4) is 0 Å². The molecule has 0 saturated heterocycles. The predicted molar refractivity (Wildman–Crippen MR) is 50.0 cm³/mol. The van der Waals surface area contributed by atoms with E-state index in [4.69, 9.17) is 4.74 Å². The first-order valence-electron chi connectivity index (χ1n) is 4.25. The summed E-state index contributed by atoms with van der Waals surface area (Å²) >= 11 is 0. The minimum atomic E-state index is -0.244. The summed E-state index contributed by atoms with van der Waals surface area (Å²) in [5.74, 6) is -0.244. The standard InChI is InChI=1S/C11H10O2/c1-8-10(7-11(12)13-8)9-5-3-2-4-6-9/h2-8H,1H3/t8-/m0/s1. The molecule has 2 rings (SSSR count). The number of carbonyl (C=O) groups excluding carboxylic acids is 1. The molecule has 2 nitrogen and oxygen atoms in total. The van der Waals surface area contributed by atoms with Gasteiger partial charge in [-0.25, -0.2) is 4.79 Å². The second-order valence-corrected chi connectivity index (χ2v) is 3.04. The highest BCUT2D eigenvalue weighted by Crippen LogP contribution is 2.25. The fraction of sp³-hybridized carbons (Fsp3) is 0.182. The minimum absolute atomic E-state index is 0.116. The molecule has 2 heteroatoms. The largest absolute Gasteiger partial charge is 0.455 e. The maximum atomic E-state index is 10.9. The van der Waals surface area contributed by atoms with Gasteiger partial charge in [-0.05, 0) is 12.5 Å². The lowest BCUT2D eigenvalue weighted by atomic mass is 10.0. The van der Waals surface area contributed by atoms with Gasteiger partial charge in [0, 0.05) is 11.6 Å². The van der Waals surface area contributed by atoms with E-state index in [0.29, 0.717) is 0 Å². The topological polar surface area (TPSA) is 26.3 Å². The van der Waals surface area contributed by atoms with E-state index in [1.165, 1.54) is 0 Å². The van der Waals surface area contributed by atoms with Crippen molar-refractivity contribution < 1.29 is 9.53 Å². The van der Waals surface area contributed by atoms with Crippen LogP contribution in [0.2, 0.25) is 0 Å². The molecule has 66 valence electrons. The van der Waals surface area contributed by atoms with E-state index in [0.717, 1.165) is 11.1 Å². The quantitative estimate of drug-likeness (QED) is 0.609. The first-order chi connectivity index (χ1) is 6.27.